The molecule has 2 N–H and O–H groups in total. The highest BCUT2D eigenvalue weighted by Crippen LogP contribution is 2.31. The molecule has 1 atom stereocenters. The van der Waals surface area contributed by atoms with Crippen molar-refractivity contribution in [1.29, 1.82) is 0 Å². The van der Waals surface area contributed by atoms with Crippen LogP contribution in [0.3, 0.4) is 0 Å². The van der Waals surface area contributed by atoms with E-state index in [0.29, 0.717) is 18.2 Å². The molecule has 0 aliphatic carbocycles. The van der Waals surface area contributed by atoms with Gasteiger partial charge in [0.2, 0.25) is 5.91 Å². The summed E-state index contributed by atoms with van der Waals surface area (Å²) in [4.78, 5) is 17.7. The third kappa shape index (κ3) is 6.56. The second-order valence-electron chi connectivity index (χ2n) is 5.42. The van der Waals surface area contributed by atoms with Gasteiger partial charge in [0.05, 0.1) is 24.9 Å². The number of aromatic nitrogens is 1. The Labute approximate surface area is 163 Å². The highest BCUT2D eigenvalue weighted by atomic mass is 35.5. The minimum atomic E-state index is -0.133. The monoisotopic (exact) mass is 403 g/mol. The normalized spacial score (nSPS) is 11.7. The number of carbonyl (C=O) groups is 1. The summed E-state index contributed by atoms with van der Waals surface area (Å²) in [5.41, 5.74) is 1.96. The third-order valence-corrected chi connectivity index (χ3v) is 4.85. The van der Waals surface area contributed by atoms with Gasteiger partial charge in [-0.2, -0.15) is 0 Å². The predicted molar refractivity (Wildman–Crippen MR) is 106 cm³/mol. The van der Waals surface area contributed by atoms with Crippen LogP contribution in [0, 0.1) is 6.92 Å². The Morgan fingerprint density at radius 1 is 1.36 bits per heavy atom. The van der Waals surface area contributed by atoms with E-state index >= 15 is 0 Å². The Kier molecular flexibility index (Phi) is 9.38. The number of amides is 1. The van der Waals surface area contributed by atoms with Crippen LogP contribution in [0.2, 0.25) is 5.02 Å². The largest absolute Gasteiger partial charge is 0.383 e. The number of hydrogen-bond donors (Lipinski definition) is 2. The quantitative estimate of drug-likeness (QED) is 0.660. The van der Waals surface area contributed by atoms with Crippen LogP contribution in [-0.4, -0.2) is 37.7 Å². The van der Waals surface area contributed by atoms with Crippen LogP contribution >= 0.6 is 35.3 Å². The van der Waals surface area contributed by atoms with Crippen molar-refractivity contribution in [3.63, 3.8) is 0 Å². The number of halogens is 2. The first-order chi connectivity index (χ1) is 11.5. The van der Waals surface area contributed by atoms with Crippen molar-refractivity contribution >= 4 is 41.3 Å². The van der Waals surface area contributed by atoms with Gasteiger partial charge in [0.25, 0.3) is 0 Å². The lowest BCUT2D eigenvalue weighted by atomic mass is 10.1. The first-order valence-electron chi connectivity index (χ1n) is 7.73. The van der Waals surface area contributed by atoms with Crippen LogP contribution in [0.15, 0.2) is 24.3 Å². The second kappa shape index (κ2) is 10.7. The average molecular weight is 404 g/mol. The molecule has 0 spiro atoms. The molecule has 0 aliphatic heterocycles. The maximum atomic E-state index is 11.9. The molecule has 1 aromatic heterocycles. The molecular weight excluding hydrogens is 381 g/mol. The van der Waals surface area contributed by atoms with E-state index in [1.54, 1.807) is 18.4 Å². The summed E-state index contributed by atoms with van der Waals surface area (Å²) in [6.07, 6.45) is 0. The van der Waals surface area contributed by atoms with Crippen LogP contribution in [0.5, 0.6) is 0 Å². The minimum Gasteiger partial charge on any atom is -0.383 e. The van der Waals surface area contributed by atoms with Gasteiger partial charge < -0.3 is 15.4 Å². The van der Waals surface area contributed by atoms with Crippen LogP contribution in [0.1, 0.15) is 22.9 Å². The number of nitrogens with zero attached hydrogens (tertiary/aromatic N) is 1. The maximum absolute atomic E-state index is 11.9. The molecule has 1 unspecified atom stereocenters. The zero-order chi connectivity index (χ0) is 17.5. The predicted octanol–water partition coefficient (Wildman–Crippen LogP) is 3.61. The van der Waals surface area contributed by atoms with Crippen LogP contribution in [0.25, 0.3) is 11.3 Å². The van der Waals surface area contributed by atoms with Crippen molar-refractivity contribution in [2.45, 2.75) is 19.9 Å². The van der Waals surface area contributed by atoms with Gasteiger partial charge >= 0.3 is 0 Å². The van der Waals surface area contributed by atoms with Gasteiger partial charge in [-0.25, -0.2) is 4.98 Å². The molecule has 25 heavy (non-hydrogen) atoms. The molecule has 138 valence electrons. The summed E-state index contributed by atoms with van der Waals surface area (Å²) in [6, 6.07) is 7.48. The Morgan fingerprint density at radius 2 is 2.04 bits per heavy atom. The van der Waals surface area contributed by atoms with E-state index in [0.717, 1.165) is 21.1 Å². The molecule has 8 heteroatoms. The van der Waals surface area contributed by atoms with Crippen molar-refractivity contribution in [3.8, 4) is 11.3 Å². The van der Waals surface area contributed by atoms with Gasteiger partial charge in [0.1, 0.15) is 5.01 Å². The van der Waals surface area contributed by atoms with Gasteiger partial charge in [-0.1, -0.05) is 23.7 Å². The van der Waals surface area contributed by atoms with Crippen LogP contribution < -0.4 is 10.6 Å². The smallest absolute Gasteiger partial charge is 0.234 e. The number of methoxy groups -OCH3 is 1. The Bertz CT molecular complexity index is 677. The zero-order valence-corrected chi connectivity index (χ0v) is 16.9. The minimum absolute atomic E-state index is 0. The summed E-state index contributed by atoms with van der Waals surface area (Å²) in [7, 11) is 1.63. The second-order valence-corrected chi connectivity index (χ2v) is 7.09. The number of ether oxygens (including phenoxy) is 1. The number of carbonyl (C=O) groups excluding carboxylic acids is 1. The standard InChI is InChI=1S/C17H22ClN3O2S.ClH/c1-11(20-15(22)10-19-8-9-23-3)17-21-16(12(2)24-17)13-4-6-14(18)7-5-13;/h4-7,11,19H,8-10H2,1-3H3,(H,20,22);1H. The molecule has 2 aromatic rings. The van der Waals surface area contributed by atoms with Crippen LogP contribution in [0.4, 0.5) is 0 Å². The molecule has 0 bridgehead atoms. The number of benzene rings is 1. The summed E-state index contributed by atoms with van der Waals surface area (Å²) in [6.45, 7) is 5.47. The Balaban J connectivity index is 0.00000312. The fourth-order valence-corrected chi connectivity index (χ4v) is 3.28. The van der Waals surface area contributed by atoms with Crippen molar-refractivity contribution in [1.82, 2.24) is 15.6 Å². The first kappa shape index (κ1) is 21.9. The SMILES string of the molecule is COCCNCC(=O)NC(C)c1nc(-c2ccc(Cl)cc2)c(C)s1.Cl. The molecule has 0 fully saturated rings. The molecule has 1 aromatic carbocycles. The summed E-state index contributed by atoms with van der Waals surface area (Å²) < 4.78 is 4.93. The summed E-state index contributed by atoms with van der Waals surface area (Å²) in [5.74, 6) is -0.0560. The van der Waals surface area contributed by atoms with Crippen molar-refractivity contribution in [2.24, 2.45) is 0 Å². The maximum Gasteiger partial charge on any atom is 0.234 e. The number of aryl methyl sites for hydroxylation is 1. The van der Waals surface area contributed by atoms with E-state index in [-0.39, 0.29) is 30.9 Å². The number of thiazole rings is 1. The van der Waals surface area contributed by atoms with Gasteiger partial charge in [-0.05, 0) is 26.0 Å². The van der Waals surface area contributed by atoms with E-state index in [1.807, 2.05) is 38.1 Å². The highest BCUT2D eigenvalue weighted by molar-refractivity contribution is 7.12. The molecule has 5 nitrogen and oxygen atoms in total. The fourth-order valence-electron chi connectivity index (χ4n) is 2.21. The van der Waals surface area contributed by atoms with E-state index in [4.69, 9.17) is 21.3 Å². The average Bonchev–Trinajstić information content (AvgIpc) is 2.94. The first-order valence-corrected chi connectivity index (χ1v) is 8.93. The van der Waals surface area contributed by atoms with E-state index in [1.165, 1.54) is 0 Å². The van der Waals surface area contributed by atoms with Crippen LogP contribution in [-0.2, 0) is 9.53 Å². The van der Waals surface area contributed by atoms with Gasteiger partial charge in [-0.15, -0.1) is 23.7 Å². The molecule has 0 radical (unpaired) electrons. The lowest BCUT2D eigenvalue weighted by Gasteiger charge is -2.11. The topological polar surface area (TPSA) is 63.2 Å². The van der Waals surface area contributed by atoms with Crippen molar-refractivity contribution < 1.29 is 9.53 Å². The molecule has 0 saturated heterocycles. The molecule has 0 saturated carbocycles. The van der Waals surface area contributed by atoms with E-state index < -0.39 is 0 Å². The lowest BCUT2D eigenvalue weighted by molar-refractivity contribution is -0.120. The van der Waals surface area contributed by atoms with Crippen molar-refractivity contribution in [3.05, 3.63) is 39.2 Å². The Hall–Kier alpha value is -1.18. The highest BCUT2D eigenvalue weighted by Gasteiger charge is 2.16. The summed E-state index contributed by atoms with van der Waals surface area (Å²) in [5, 5.41) is 7.58. The number of rotatable bonds is 8. The molecule has 0 aliphatic rings. The van der Waals surface area contributed by atoms with E-state index in [2.05, 4.69) is 10.6 Å². The van der Waals surface area contributed by atoms with E-state index in [9.17, 15) is 4.79 Å². The third-order valence-electron chi connectivity index (χ3n) is 3.45. The zero-order valence-electron chi connectivity index (χ0n) is 14.5. The van der Waals surface area contributed by atoms with Crippen molar-refractivity contribution in [2.75, 3.05) is 26.8 Å². The molecule has 1 amide bonds. The Morgan fingerprint density at radius 3 is 2.68 bits per heavy atom. The molecule has 2 rings (SSSR count). The number of hydrogen-bond acceptors (Lipinski definition) is 5. The summed E-state index contributed by atoms with van der Waals surface area (Å²) >= 11 is 7.53. The lowest BCUT2D eigenvalue weighted by Crippen LogP contribution is -2.36. The molecule has 1 heterocycles. The fraction of sp³-hybridized carbons (Fsp3) is 0.412. The van der Waals surface area contributed by atoms with Gasteiger partial charge in [0.15, 0.2) is 0 Å². The molecular formula is C17H23Cl2N3O2S. The number of nitrogens with one attached hydrogen (secondary N) is 2. The van der Waals surface area contributed by atoms with Gasteiger partial charge in [-0.3, -0.25) is 4.79 Å². The van der Waals surface area contributed by atoms with Gasteiger partial charge in [0, 0.05) is 29.1 Å².